The number of oxazole rings is 1. The maximum Gasteiger partial charge on any atom is 0.407 e. The second kappa shape index (κ2) is 8.64. The van der Waals surface area contributed by atoms with Crippen molar-refractivity contribution < 1.29 is 18.7 Å². The number of aryl methyl sites for hydroxylation is 2. The van der Waals surface area contributed by atoms with Crippen molar-refractivity contribution >= 4 is 23.1 Å². The van der Waals surface area contributed by atoms with Crippen LogP contribution in [-0.2, 0) is 9.53 Å². The van der Waals surface area contributed by atoms with E-state index in [1.54, 1.807) is 11.1 Å². The first kappa shape index (κ1) is 21.9. The van der Waals surface area contributed by atoms with Gasteiger partial charge in [0.1, 0.15) is 17.4 Å². The molecular weight excluding hydrogens is 410 g/mol. The smallest absolute Gasteiger partial charge is 0.407 e. The maximum atomic E-state index is 13.3. The first-order valence-electron chi connectivity index (χ1n) is 10.9. The Morgan fingerprint density at radius 1 is 1.31 bits per heavy atom. The summed E-state index contributed by atoms with van der Waals surface area (Å²) in [5, 5.41) is 2.67. The molecule has 1 aliphatic heterocycles. The van der Waals surface area contributed by atoms with E-state index >= 15 is 0 Å². The van der Waals surface area contributed by atoms with E-state index in [-0.39, 0.29) is 17.9 Å². The standard InChI is InChI=1S/C23H29N5O4/c1-12(2)18(27-23(30)31-5)22(29)28-10-6-7-17(28)21-24-11-16(26-21)15-9-8-13(3)19-20(15)32-14(4)25-19/h8-9,11-12,17-18H,6-7,10H2,1-5H3,(H,24,26)(H,27,30)/t17-,18-/m0/s1. The number of alkyl carbamates (subject to hydrolysis) is 1. The van der Waals surface area contributed by atoms with Gasteiger partial charge < -0.3 is 24.4 Å². The van der Waals surface area contributed by atoms with Gasteiger partial charge in [-0.1, -0.05) is 19.9 Å². The van der Waals surface area contributed by atoms with Crippen molar-refractivity contribution in [3.8, 4) is 11.3 Å². The van der Waals surface area contributed by atoms with Gasteiger partial charge in [0.25, 0.3) is 0 Å². The van der Waals surface area contributed by atoms with E-state index in [9.17, 15) is 9.59 Å². The number of hydrogen-bond donors (Lipinski definition) is 2. The number of rotatable bonds is 5. The Morgan fingerprint density at radius 3 is 2.81 bits per heavy atom. The van der Waals surface area contributed by atoms with Crippen molar-refractivity contribution in [3.05, 3.63) is 35.6 Å². The number of likely N-dealkylation sites (tertiary alicyclic amines) is 1. The Kier molecular flexibility index (Phi) is 5.90. The molecule has 0 saturated carbocycles. The van der Waals surface area contributed by atoms with Crippen molar-refractivity contribution in [1.82, 2.24) is 25.2 Å². The van der Waals surface area contributed by atoms with Crippen LogP contribution >= 0.6 is 0 Å². The van der Waals surface area contributed by atoms with Gasteiger partial charge in [-0.25, -0.2) is 14.8 Å². The lowest BCUT2D eigenvalue weighted by molar-refractivity contribution is -0.135. The minimum atomic E-state index is -0.661. The Balaban J connectivity index is 1.62. The van der Waals surface area contributed by atoms with Gasteiger partial charge in [0.2, 0.25) is 5.91 Å². The van der Waals surface area contributed by atoms with Gasteiger partial charge in [-0.15, -0.1) is 0 Å². The fourth-order valence-electron chi connectivity index (χ4n) is 4.29. The van der Waals surface area contributed by atoms with Gasteiger partial charge in [-0.3, -0.25) is 4.79 Å². The number of imidazole rings is 1. The highest BCUT2D eigenvalue weighted by Gasteiger charge is 2.37. The fraction of sp³-hybridized carbons (Fsp3) is 0.478. The van der Waals surface area contributed by atoms with Gasteiger partial charge in [0, 0.05) is 19.0 Å². The molecule has 9 heteroatoms. The molecule has 1 aromatic carbocycles. The normalized spacial score (nSPS) is 17.2. The van der Waals surface area contributed by atoms with Crippen molar-refractivity contribution in [2.75, 3.05) is 13.7 Å². The predicted octanol–water partition coefficient (Wildman–Crippen LogP) is 3.88. The molecule has 0 bridgehead atoms. The number of amides is 2. The minimum Gasteiger partial charge on any atom is -0.453 e. The Morgan fingerprint density at radius 2 is 2.09 bits per heavy atom. The molecule has 4 rings (SSSR count). The Bertz CT molecular complexity index is 1150. The summed E-state index contributed by atoms with van der Waals surface area (Å²) in [6.07, 6.45) is 2.82. The summed E-state index contributed by atoms with van der Waals surface area (Å²) in [5.74, 6) is 1.12. The highest BCUT2D eigenvalue weighted by Crippen LogP contribution is 2.35. The van der Waals surface area contributed by atoms with Gasteiger partial charge in [-0.2, -0.15) is 0 Å². The summed E-state index contributed by atoms with van der Waals surface area (Å²) < 4.78 is 10.6. The predicted molar refractivity (Wildman–Crippen MR) is 119 cm³/mol. The number of nitrogens with zero attached hydrogens (tertiary/aromatic N) is 3. The first-order valence-corrected chi connectivity index (χ1v) is 10.9. The van der Waals surface area contributed by atoms with Crippen LogP contribution in [0.5, 0.6) is 0 Å². The number of aromatic nitrogens is 3. The molecule has 2 aromatic heterocycles. The SMILES string of the molecule is COC(=O)N[C@H](C(=O)N1CCC[C@H]1c1ncc(-c2ccc(C)c3nc(C)oc23)[nH]1)C(C)C. The summed E-state index contributed by atoms with van der Waals surface area (Å²) in [5.41, 5.74) is 4.30. The summed E-state index contributed by atoms with van der Waals surface area (Å²) in [6, 6.07) is 3.16. The molecule has 3 aromatic rings. The third-order valence-electron chi connectivity index (χ3n) is 5.98. The fourth-order valence-corrected chi connectivity index (χ4v) is 4.29. The Hall–Kier alpha value is -3.36. The summed E-state index contributed by atoms with van der Waals surface area (Å²) >= 11 is 0. The minimum absolute atomic E-state index is 0.0782. The van der Waals surface area contributed by atoms with Crippen LogP contribution in [0.1, 0.15) is 50.0 Å². The maximum absolute atomic E-state index is 13.3. The molecule has 0 aliphatic carbocycles. The lowest BCUT2D eigenvalue weighted by Crippen LogP contribution is -2.51. The average molecular weight is 440 g/mol. The van der Waals surface area contributed by atoms with Crippen LogP contribution in [-0.4, -0.2) is 51.5 Å². The van der Waals surface area contributed by atoms with Crippen LogP contribution < -0.4 is 5.32 Å². The van der Waals surface area contributed by atoms with Gasteiger partial charge in [0.05, 0.1) is 25.0 Å². The quantitative estimate of drug-likeness (QED) is 0.624. The average Bonchev–Trinajstić information content (AvgIpc) is 3.50. The van der Waals surface area contributed by atoms with Crippen molar-refractivity contribution in [1.29, 1.82) is 0 Å². The molecule has 2 N–H and O–H groups in total. The molecule has 0 unspecified atom stereocenters. The number of nitrogens with one attached hydrogen (secondary N) is 2. The highest BCUT2D eigenvalue weighted by atomic mass is 16.5. The highest BCUT2D eigenvalue weighted by molar-refractivity contribution is 5.91. The van der Waals surface area contributed by atoms with Crippen LogP contribution in [0, 0.1) is 19.8 Å². The molecule has 1 fully saturated rings. The van der Waals surface area contributed by atoms with Crippen LogP contribution in [0.25, 0.3) is 22.4 Å². The lowest BCUT2D eigenvalue weighted by atomic mass is 10.0. The van der Waals surface area contributed by atoms with Crippen LogP contribution in [0.2, 0.25) is 0 Å². The summed E-state index contributed by atoms with van der Waals surface area (Å²) in [4.78, 5) is 39.3. The Labute approximate surface area is 186 Å². The number of benzene rings is 1. The van der Waals surface area contributed by atoms with E-state index in [0.717, 1.165) is 46.6 Å². The molecule has 1 saturated heterocycles. The van der Waals surface area contributed by atoms with Crippen LogP contribution in [0.15, 0.2) is 22.7 Å². The van der Waals surface area contributed by atoms with Gasteiger partial charge in [0.15, 0.2) is 11.5 Å². The second-order valence-electron chi connectivity index (χ2n) is 8.57. The van der Waals surface area contributed by atoms with Gasteiger partial charge in [-0.05, 0) is 37.3 Å². The monoisotopic (exact) mass is 439 g/mol. The van der Waals surface area contributed by atoms with Crippen molar-refractivity contribution in [2.45, 2.75) is 52.6 Å². The summed E-state index contributed by atoms with van der Waals surface area (Å²) in [7, 11) is 1.29. The van der Waals surface area contributed by atoms with E-state index in [2.05, 4.69) is 20.3 Å². The molecule has 0 spiro atoms. The van der Waals surface area contributed by atoms with Crippen LogP contribution in [0.4, 0.5) is 4.79 Å². The second-order valence-corrected chi connectivity index (χ2v) is 8.57. The van der Waals surface area contributed by atoms with E-state index in [1.165, 1.54) is 7.11 Å². The first-order chi connectivity index (χ1) is 15.3. The van der Waals surface area contributed by atoms with E-state index < -0.39 is 12.1 Å². The van der Waals surface area contributed by atoms with Crippen molar-refractivity contribution in [3.63, 3.8) is 0 Å². The van der Waals surface area contributed by atoms with E-state index in [0.29, 0.717) is 12.4 Å². The van der Waals surface area contributed by atoms with Gasteiger partial charge >= 0.3 is 6.09 Å². The number of aromatic amines is 1. The topological polar surface area (TPSA) is 113 Å². The third-order valence-corrected chi connectivity index (χ3v) is 5.98. The van der Waals surface area contributed by atoms with Crippen LogP contribution in [0.3, 0.4) is 0 Å². The molecule has 2 atom stereocenters. The number of carbonyl (C=O) groups excluding carboxylic acids is 2. The molecule has 32 heavy (non-hydrogen) atoms. The molecular formula is C23H29N5O4. The van der Waals surface area contributed by atoms with E-state index in [4.69, 9.17) is 9.15 Å². The molecule has 0 radical (unpaired) electrons. The zero-order chi connectivity index (χ0) is 23.0. The summed E-state index contributed by atoms with van der Waals surface area (Å²) in [6.45, 7) is 8.24. The zero-order valence-corrected chi connectivity index (χ0v) is 19.1. The number of hydrogen-bond acceptors (Lipinski definition) is 6. The third kappa shape index (κ3) is 3.94. The lowest BCUT2D eigenvalue weighted by Gasteiger charge is -2.30. The molecule has 170 valence electrons. The molecule has 2 amide bonds. The number of methoxy groups -OCH3 is 1. The number of ether oxygens (including phenoxy) is 1. The molecule has 9 nitrogen and oxygen atoms in total. The number of carbonyl (C=O) groups is 2. The number of H-pyrrole nitrogens is 1. The molecule has 3 heterocycles. The zero-order valence-electron chi connectivity index (χ0n) is 19.1. The number of fused-ring (bicyclic) bond motifs is 1. The largest absolute Gasteiger partial charge is 0.453 e. The van der Waals surface area contributed by atoms with E-state index in [1.807, 2.05) is 39.8 Å². The van der Waals surface area contributed by atoms with Crippen molar-refractivity contribution in [2.24, 2.45) is 5.92 Å². The molecule has 1 aliphatic rings.